The minimum atomic E-state index is -0.404. The molecule has 0 radical (unpaired) electrons. The lowest BCUT2D eigenvalue weighted by Crippen LogP contribution is -2.42. The van der Waals surface area contributed by atoms with Crippen LogP contribution in [-0.4, -0.2) is 50.6 Å². The van der Waals surface area contributed by atoms with Gasteiger partial charge in [-0.15, -0.1) is 0 Å². The molecule has 0 aliphatic carbocycles. The molecule has 0 aromatic carbocycles. The number of nitrogens with one attached hydrogen (secondary N) is 3. The normalized spacial score (nSPS) is 18.7. The topological polar surface area (TPSA) is 131 Å². The lowest BCUT2D eigenvalue weighted by Gasteiger charge is -2.19. The van der Waals surface area contributed by atoms with Crippen LogP contribution in [0.25, 0.3) is 11.6 Å². The SMILES string of the molecule is CC(C)C(NC(=O)NCC1CCCO1)c1nc(-c2ncn[nH]2)no1. The number of carbonyl (C=O) groups excluding carboxylic acids is 1. The van der Waals surface area contributed by atoms with Gasteiger partial charge in [-0.1, -0.05) is 19.0 Å². The Labute approximate surface area is 138 Å². The van der Waals surface area contributed by atoms with Gasteiger partial charge in [0.1, 0.15) is 12.4 Å². The fourth-order valence-corrected chi connectivity index (χ4v) is 2.49. The zero-order valence-electron chi connectivity index (χ0n) is 13.7. The molecule has 3 rings (SSSR count). The van der Waals surface area contributed by atoms with Gasteiger partial charge in [0.15, 0.2) is 5.82 Å². The number of urea groups is 1. The maximum absolute atomic E-state index is 12.1. The summed E-state index contributed by atoms with van der Waals surface area (Å²) in [5.41, 5.74) is 0. The number of amides is 2. The molecule has 2 amide bonds. The van der Waals surface area contributed by atoms with Crippen molar-refractivity contribution >= 4 is 6.03 Å². The summed E-state index contributed by atoms with van der Waals surface area (Å²) in [4.78, 5) is 20.4. The highest BCUT2D eigenvalue weighted by atomic mass is 16.5. The Bertz CT molecular complexity index is 649. The third kappa shape index (κ3) is 3.88. The Hall–Kier alpha value is -2.49. The van der Waals surface area contributed by atoms with Gasteiger partial charge in [-0.3, -0.25) is 5.10 Å². The molecular weight excluding hydrogens is 314 g/mol. The number of aromatic amines is 1. The van der Waals surface area contributed by atoms with Crippen molar-refractivity contribution in [2.75, 3.05) is 13.2 Å². The Morgan fingerprint density at radius 3 is 3.04 bits per heavy atom. The van der Waals surface area contributed by atoms with Crippen molar-refractivity contribution in [3.63, 3.8) is 0 Å². The maximum Gasteiger partial charge on any atom is 0.315 e. The average Bonchev–Trinajstić information content (AvgIpc) is 3.32. The Kier molecular flexibility index (Phi) is 5.04. The molecule has 0 saturated carbocycles. The predicted octanol–water partition coefficient (Wildman–Crippen LogP) is 1.03. The van der Waals surface area contributed by atoms with Crippen LogP contribution in [0.15, 0.2) is 10.9 Å². The molecule has 1 saturated heterocycles. The van der Waals surface area contributed by atoms with Gasteiger partial charge in [-0.25, -0.2) is 9.78 Å². The minimum absolute atomic E-state index is 0.0708. The monoisotopic (exact) mass is 335 g/mol. The molecule has 2 aromatic rings. The number of rotatable bonds is 6. The maximum atomic E-state index is 12.1. The highest BCUT2D eigenvalue weighted by Gasteiger charge is 2.26. The third-order valence-electron chi connectivity index (χ3n) is 3.80. The summed E-state index contributed by atoms with van der Waals surface area (Å²) in [5, 5.41) is 16.0. The first kappa shape index (κ1) is 16.4. The first-order valence-electron chi connectivity index (χ1n) is 7.99. The van der Waals surface area contributed by atoms with Crippen molar-refractivity contribution in [3.05, 3.63) is 12.2 Å². The van der Waals surface area contributed by atoms with Crippen LogP contribution in [-0.2, 0) is 4.74 Å². The van der Waals surface area contributed by atoms with Crippen molar-refractivity contribution in [2.45, 2.75) is 38.8 Å². The summed E-state index contributed by atoms with van der Waals surface area (Å²) < 4.78 is 10.8. The summed E-state index contributed by atoms with van der Waals surface area (Å²) in [5.74, 6) is 1.11. The first-order chi connectivity index (χ1) is 11.6. The van der Waals surface area contributed by atoms with E-state index in [0.29, 0.717) is 24.1 Å². The molecule has 2 atom stereocenters. The van der Waals surface area contributed by atoms with E-state index in [0.717, 1.165) is 19.4 Å². The van der Waals surface area contributed by atoms with Crippen LogP contribution < -0.4 is 10.6 Å². The van der Waals surface area contributed by atoms with Crippen LogP contribution in [0.3, 0.4) is 0 Å². The van der Waals surface area contributed by atoms with Crippen LogP contribution in [0.2, 0.25) is 0 Å². The van der Waals surface area contributed by atoms with Gasteiger partial charge in [0.2, 0.25) is 11.7 Å². The summed E-state index contributed by atoms with van der Waals surface area (Å²) in [6.45, 7) is 5.17. The quantitative estimate of drug-likeness (QED) is 0.718. The molecule has 0 spiro atoms. The van der Waals surface area contributed by atoms with Crippen molar-refractivity contribution < 1.29 is 14.1 Å². The van der Waals surface area contributed by atoms with Crippen molar-refractivity contribution in [3.8, 4) is 11.6 Å². The van der Waals surface area contributed by atoms with Gasteiger partial charge >= 0.3 is 6.03 Å². The van der Waals surface area contributed by atoms with Gasteiger partial charge in [0.05, 0.1) is 6.10 Å². The first-order valence-corrected chi connectivity index (χ1v) is 7.99. The number of ether oxygens (including phenoxy) is 1. The van der Waals surface area contributed by atoms with E-state index in [4.69, 9.17) is 9.26 Å². The lowest BCUT2D eigenvalue weighted by molar-refractivity contribution is 0.111. The number of H-pyrrole nitrogens is 1. The molecule has 3 heterocycles. The fraction of sp³-hybridized carbons (Fsp3) is 0.643. The van der Waals surface area contributed by atoms with Crippen LogP contribution >= 0.6 is 0 Å². The number of hydrogen-bond acceptors (Lipinski definition) is 7. The molecule has 130 valence electrons. The number of hydrogen-bond donors (Lipinski definition) is 3. The van der Waals surface area contributed by atoms with Crippen LogP contribution in [0.5, 0.6) is 0 Å². The van der Waals surface area contributed by atoms with Crippen LogP contribution in [0.4, 0.5) is 4.79 Å². The second-order valence-corrected chi connectivity index (χ2v) is 6.00. The minimum Gasteiger partial charge on any atom is -0.376 e. The standard InChI is InChI=1S/C14H21N7O3/c1-8(2)10(18-14(22)15-6-9-4-3-5-23-9)13-19-12(21-24-13)11-16-7-17-20-11/h7-10H,3-6H2,1-2H3,(H2,15,18,22)(H,16,17,20). The Balaban J connectivity index is 1.60. The summed E-state index contributed by atoms with van der Waals surface area (Å²) >= 11 is 0. The third-order valence-corrected chi connectivity index (χ3v) is 3.80. The lowest BCUT2D eigenvalue weighted by atomic mass is 10.0. The Morgan fingerprint density at radius 2 is 2.38 bits per heavy atom. The van der Waals surface area contributed by atoms with E-state index in [-0.39, 0.29) is 18.1 Å². The van der Waals surface area contributed by atoms with E-state index >= 15 is 0 Å². The number of aromatic nitrogens is 5. The highest BCUT2D eigenvalue weighted by molar-refractivity contribution is 5.74. The van der Waals surface area contributed by atoms with Gasteiger partial charge < -0.3 is 19.9 Å². The predicted molar refractivity (Wildman–Crippen MR) is 82.8 cm³/mol. The molecule has 2 aromatic heterocycles. The molecule has 1 fully saturated rings. The summed E-state index contributed by atoms with van der Waals surface area (Å²) in [6.07, 6.45) is 3.46. The van der Waals surface area contributed by atoms with Crippen LogP contribution in [0.1, 0.15) is 38.6 Å². The van der Waals surface area contributed by atoms with E-state index < -0.39 is 6.04 Å². The van der Waals surface area contributed by atoms with E-state index in [1.807, 2.05) is 13.8 Å². The summed E-state index contributed by atoms with van der Waals surface area (Å²) in [6, 6.07) is -0.692. The van der Waals surface area contributed by atoms with Crippen molar-refractivity contribution in [1.82, 2.24) is 36.0 Å². The van der Waals surface area contributed by atoms with E-state index in [1.165, 1.54) is 6.33 Å². The second kappa shape index (κ2) is 7.39. The Morgan fingerprint density at radius 1 is 1.50 bits per heavy atom. The van der Waals surface area contributed by atoms with Crippen molar-refractivity contribution in [1.29, 1.82) is 0 Å². The molecule has 24 heavy (non-hydrogen) atoms. The largest absolute Gasteiger partial charge is 0.376 e. The molecule has 1 aliphatic rings. The zero-order chi connectivity index (χ0) is 16.9. The molecule has 0 bridgehead atoms. The molecule has 1 aliphatic heterocycles. The van der Waals surface area contributed by atoms with Gasteiger partial charge in [0, 0.05) is 13.2 Å². The zero-order valence-corrected chi connectivity index (χ0v) is 13.7. The van der Waals surface area contributed by atoms with Gasteiger partial charge in [-0.2, -0.15) is 10.1 Å². The van der Waals surface area contributed by atoms with Crippen LogP contribution in [0, 0.1) is 5.92 Å². The van der Waals surface area contributed by atoms with Gasteiger partial charge in [0.25, 0.3) is 0 Å². The molecule has 3 N–H and O–H groups in total. The molecule has 2 unspecified atom stereocenters. The van der Waals surface area contributed by atoms with E-state index in [1.54, 1.807) is 0 Å². The van der Waals surface area contributed by atoms with Gasteiger partial charge in [-0.05, 0) is 18.8 Å². The molecular formula is C14H21N7O3. The smallest absolute Gasteiger partial charge is 0.315 e. The number of nitrogens with zero attached hydrogens (tertiary/aromatic N) is 4. The average molecular weight is 335 g/mol. The van der Waals surface area contributed by atoms with Crippen molar-refractivity contribution in [2.24, 2.45) is 5.92 Å². The summed E-state index contributed by atoms with van der Waals surface area (Å²) in [7, 11) is 0. The second-order valence-electron chi connectivity index (χ2n) is 6.00. The molecule has 10 heteroatoms. The number of carbonyl (C=O) groups is 1. The molecule has 10 nitrogen and oxygen atoms in total. The fourth-order valence-electron chi connectivity index (χ4n) is 2.49. The van der Waals surface area contributed by atoms with E-state index in [2.05, 4.69) is 36.0 Å². The van der Waals surface area contributed by atoms with E-state index in [9.17, 15) is 4.79 Å². The highest BCUT2D eigenvalue weighted by Crippen LogP contribution is 2.22.